The first kappa shape index (κ1) is 11.9. The molecule has 58 valence electrons. The smallest absolute Gasteiger partial charge is 0.279 e. The fraction of sp³-hybridized carbons (Fsp3) is 1.00. The lowest BCUT2D eigenvalue weighted by molar-refractivity contribution is -0.340. The van der Waals surface area contributed by atoms with Gasteiger partial charge in [0, 0.05) is 28.3 Å². The summed E-state index contributed by atoms with van der Waals surface area (Å²) >= 11 is 0. The van der Waals surface area contributed by atoms with Gasteiger partial charge in [-0.3, -0.25) is 0 Å². The molecule has 0 radical (unpaired) electrons. The summed E-state index contributed by atoms with van der Waals surface area (Å²) in [6.07, 6.45) is 0. The first-order chi connectivity index (χ1) is 3.68. The first-order valence-corrected chi connectivity index (χ1v) is 2.34. The lowest BCUT2D eigenvalue weighted by Crippen LogP contribution is -2.31. The molecule has 3 nitrogen and oxygen atoms in total. The molecule has 0 unspecified atom stereocenters. The van der Waals surface area contributed by atoms with Crippen LogP contribution in [-0.2, 0) is 14.2 Å². The van der Waals surface area contributed by atoms with Crippen LogP contribution in [0.3, 0.4) is 0 Å². The predicted octanol–water partition coefficient (Wildman–Crippen LogP) is 1.02. The highest BCUT2D eigenvalue weighted by atomic mass is 35.5. The molecule has 0 rings (SSSR count). The highest BCUT2D eigenvalue weighted by Crippen LogP contribution is 2.08. The summed E-state index contributed by atoms with van der Waals surface area (Å²) in [6.45, 7) is 1.69. The van der Waals surface area contributed by atoms with Crippen LogP contribution in [0.2, 0.25) is 0 Å². The maximum atomic E-state index is 4.79. The van der Waals surface area contributed by atoms with Gasteiger partial charge in [-0.25, -0.2) is 0 Å². The summed E-state index contributed by atoms with van der Waals surface area (Å²) in [7, 11) is 4.56. The van der Waals surface area contributed by atoms with E-state index in [1.165, 1.54) is 21.3 Å². The Kier molecular flexibility index (Phi) is 6.61. The molecule has 0 aromatic heterocycles. The Balaban J connectivity index is 0. The molecular formula is C5H13ClO3. The zero-order valence-electron chi connectivity index (χ0n) is 6.13. The number of hydrogen-bond donors (Lipinski definition) is 0. The SMILES string of the molecule is COC(C)(OC)OC.Cl. The van der Waals surface area contributed by atoms with Crippen molar-refractivity contribution in [3.63, 3.8) is 0 Å². The molecule has 0 atom stereocenters. The molecule has 0 saturated carbocycles. The third-order valence-corrected chi connectivity index (χ3v) is 1.11. The van der Waals surface area contributed by atoms with Gasteiger partial charge in [0.2, 0.25) is 0 Å². The molecule has 0 aliphatic heterocycles. The van der Waals surface area contributed by atoms with E-state index in [-0.39, 0.29) is 12.4 Å². The minimum absolute atomic E-state index is 0. The molecule has 0 N–H and O–H groups in total. The van der Waals surface area contributed by atoms with E-state index in [1.807, 2.05) is 0 Å². The number of hydrogen-bond acceptors (Lipinski definition) is 3. The van der Waals surface area contributed by atoms with Crippen LogP contribution >= 0.6 is 12.4 Å². The molecule has 0 aliphatic rings. The second kappa shape index (κ2) is 4.99. The van der Waals surface area contributed by atoms with E-state index >= 15 is 0 Å². The number of ether oxygens (including phenoxy) is 3. The zero-order chi connectivity index (χ0) is 6.62. The van der Waals surface area contributed by atoms with E-state index in [1.54, 1.807) is 6.92 Å². The van der Waals surface area contributed by atoms with Crippen molar-refractivity contribution < 1.29 is 14.2 Å². The van der Waals surface area contributed by atoms with E-state index in [4.69, 9.17) is 14.2 Å². The van der Waals surface area contributed by atoms with Crippen molar-refractivity contribution in [1.82, 2.24) is 0 Å². The Morgan fingerprint density at radius 3 is 1.11 bits per heavy atom. The van der Waals surface area contributed by atoms with Crippen molar-refractivity contribution in [3.05, 3.63) is 0 Å². The summed E-state index contributed by atoms with van der Waals surface area (Å²) in [5.41, 5.74) is 0. The summed E-state index contributed by atoms with van der Waals surface area (Å²) in [5, 5.41) is 0. The quantitative estimate of drug-likeness (QED) is 0.571. The van der Waals surface area contributed by atoms with Crippen LogP contribution < -0.4 is 0 Å². The van der Waals surface area contributed by atoms with Crippen LogP contribution in [0.1, 0.15) is 6.92 Å². The van der Waals surface area contributed by atoms with Gasteiger partial charge in [-0.05, 0) is 0 Å². The van der Waals surface area contributed by atoms with Gasteiger partial charge in [0.15, 0.2) is 0 Å². The fourth-order valence-corrected chi connectivity index (χ4v) is 0.250. The first-order valence-electron chi connectivity index (χ1n) is 2.34. The van der Waals surface area contributed by atoms with E-state index in [0.717, 1.165) is 0 Å². The van der Waals surface area contributed by atoms with Gasteiger partial charge in [-0.15, -0.1) is 12.4 Å². The molecule has 0 amide bonds. The summed E-state index contributed by atoms with van der Waals surface area (Å²) in [5.74, 6) is -0.875. The highest BCUT2D eigenvalue weighted by molar-refractivity contribution is 5.85. The summed E-state index contributed by atoms with van der Waals surface area (Å²) in [4.78, 5) is 0. The minimum atomic E-state index is -0.875. The highest BCUT2D eigenvalue weighted by Gasteiger charge is 2.20. The van der Waals surface area contributed by atoms with Crippen molar-refractivity contribution in [2.24, 2.45) is 0 Å². The summed E-state index contributed by atoms with van der Waals surface area (Å²) in [6, 6.07) is 0. The number of methoxy groups -OCH3 is 3. The van der Waals surface area contributed by atoms with Crippen molar-refractivity contribution in [3.8, 4) is 0 Å². The Morgan fingerprint density at radius 1 is 0.889 bits per heavy atom. The summed E-state index contributed by atoms with van der Waals surface area (Å²) < 4.78 is 14.4. The number of halogens is 1. The minimum Gasteiger partial charge on any atom is -0.331 e. The predicted molar refractivity (Wildman–Crippen MR) is 36.7 cm³/mol. The molecule has 0 spiro atoms. The number of rotatable bonds is 3. The van der Waals surface area contributed by atoms with Crippen LogP contribution in [0.25, 0.3) is 0 Å². The average Bonchev–Trinajstić information content (AvgIpc) is 1.87. The van der Waals surface area contributed by atoms with Crippen LogP contribution in [0.5, 0.6) is 0 Å². The van der Waals surface area contributed by atoms with Crippen molar-refractivity contribution in [2.45, 2.75) is 12.9 Å². The average molecular weight is 157 g/mol. The molecule has 0 aliphatic carbocycles. The second-order valence-corrected chi connectivity index (χ2v) is 1.47. The maximum absolute atomic E-state index is 4.79. The second-order valence-electron chi connectivity index (χ2n) is 1.47. The fourth-order valence-electron chi connectivity index (χ4n) is 0.250. The standard InChI is InChI=1S/C5H12O3.ClH/c1-5(6-2,7-3)8-4;/h1-4H3;1H. The van der Waals surface area contributed by atoms with Gasteiger partial charge in [0.25, 0.3) is 5.97 Å². The molecule has 0 saturated heterocycles. The molecule has 0 aromatic carbocycles. The monoisotopic (exact) mass is 156 g/mol. The Labute approximate surface area is 61.7 Å². The zero-order valence-corrected chi connectivity index (χ0v) is 6.95. The molecule has 0 fully saturated rings. The van der Waals surface area contributed by atoms with Gasteiger partial charge >= 0.3 is 0 Å². The van der Waals surface area contributed by atoms with Crippen molar-refractivity contribution in [1.29, 1.82) is 0 Å². The van der Waals surface area contributed by atoms with Crippen molar-refractivity contribution in [2.75, 3.05) is 21.3 Å². The van der Waals surface area contributed by atoms with Gasteiger partial charge < -0.3 is 14.2 Å². The van der Waals surface area contributed by atoms with Crippen LogP contribution in [0.15, 0.2) is 0 Å². The third kappa shape index (κ3) is 3.70. The molecule has 0 aromatic rings. The molecular weight excluding hydrogens is 144 g/mol. The lowest BCUT2D eigenvalue weighted by Gasteiger charge is -2.23. The normalized spacial score (nSPS) is 10.7. The molecule has 9 heavy (non-hydrogen) atoms. The lowest BCUT2D eigenvalue weighted by atomic mass is 10.6. The van der Waals surface area contributed by atoms with Gasteiger partial charge in [0.1, 0.15) is 0 Å². The van der Waals surface area contributed by atoms with E-state index < -0.39 is 5.97 Å². The van der Waals surface area contributed by atoms with Crippen molar-refractivity contribution >= 4 is 12.4 Å². The van der Waals surface area contributed by atoms with Crippen LogP contribution in [-0.4, -0.2) is 27.3 Å². The van der Waals surface area contributed by atoms with E-state index in [9.17, 15) is 0 Å². The van der Waals surface area contributed by atoms with Crippen LogP contribution in [0, 0.1) is 0 Å². The Bertz CT molecular complexity index is 55.0. The largest absolute Gasteiger partial charge is 0.331 e. The Morgan fingerprint density at radius 2 is 1.11 bits per heavy atom. The van der Waals surface area contributed by atoms with Gasteiger partial charge in [-0.2, -0.15) is 0 Å². The molecule has 0 bridgehead atoms. The molecule has 0 heterocycles. The Hall–Kier alpha value is 0.170. The van der Waals surface area contributed by atoms with Gasteiger partial charge in [-0.1, -0.05) is 0 Å². The van der Waals surface area contributed by atoms with Crippen LogP contribution in [0.4, 0.5) is 0 Å². The topological polar surface area (TPSA) is 27.7 Å². The third-order valence-electron chi connectivity index (χ3n) is 1.11. The maximum Gasteiger partial charge on any atom is 0.279 e. The van der Waals surface area contributed by atoms with E-state index in [0.29, 0.717) is 0 Å². The van der Waals surface area contributed by atoms with E-state index in [2.05, 4.69) is 0 Å². The van der Waals surface area contributed by atoms with Gasteiger partial charge in [0.05, 0.1) is 0 Å². The molecule has 4 heteroatoms.